The first-order chi connectivity index (χ1) is 13.5. The van der Waals surface area contributed by atoms with Crippen molar-refractivity contribution in [2.24, 2.45) is 23.2 Å². The molecular formula is C23H32N2O3. The van der Waals surface area contributed by atoms with Crippen molar-refractivity contribution in [3.63, 3.8) is 0 Å². The van der Waals surface area contributed by atoms with Crippen LogP contribution in [0.5, 0.6) is 5.75 Å². The summed E-state index contributed by atoms with van der Waals surface area (Å²) in [6.07, 6.45) is 8.40. The summed E-state index contributed by atoms with van der Waals surface area (Å²) >= 11 is 0. The van der Waals surface area contributed by atoms with E-state index in [1.54, 1.807) is 0 Å². The first-order valence-electron chi connectivity index (χ1n) is 10.7. The third kappa shape index (κ3) is 4.68. The van der Waals surface area contributed by atoms with Crippen LogP contribution < -0.4 is 15.4 Å². The highest BCUT2D eigenvalue weighted by Crippen LogP contribution is 2.61. The first-order valence-corrected chi connectivity index (χ1v) is 10.7. The Balaban J connectivity index is 1.13. The predicted molar refractivity (Wildman–Crippen MR) is 108 cm³/mol. The third-order valence-corrected chi connectivity index (χ3v) is 6.86. The number of hydrogen-bond donors (Lipinski definition) is 2. The van der Waals surface area contributed by atoms with E-state index < -0.39 is 0 Å². The summed E-state index contributed by atoms with van der Waals surface area (Å²) in [6.45, 7) is 2.92. The molecule has 0 unspecified atom stereocenters. The van der Waals surface area contributed by atoms with Crippen molar-refractivity contribution < 1.29 is 14.3 Å². The van der Waals surface area contributed by atoms with Gasteiger partial charge in [-0.05, 0) is 80.8 Å². The number of ether oxygens (including phenoxy) is 1. The van der Waals surface area contributed by atoms with Crippen LogP contribution in [0.1, 0.15) is 50.5 Å². The number of nitrogens with one attached hydrogen (secondary N) is 2. The molecule has 5 heteroatoms. The van der Waals surface area contributed by atoms with Gasteiger partial charge in [0.2, 0.25) is 11.8 Å². The fraction of sp³-hybridized carbons (Fsp3) is 0.652. The standard InChI is InChI=1S/C23H32N2O3/c1-16-2-4-20(5-3-16)28-7-6-24-22(27)15-25-21(26)14-23-11-17-8-18(12-23)10-19(9-17)13-23/h2-5,17-19H,6-15H2,1H3,(H,24,27)(H,25,26). The molecule has 0 aliphatic heterocycles. The maximum atomic E-state index is 12.5. The van der Waals surface area contributed by atoms with Crippen molar-refractivity contribution in [1.82, 2.24) is 10.6 Å². The average molecular weight is 385 g/mol. The number of benzene rings is 1. The van der Waals surface area contributed by atoms with Gasteiger partial charge in [0.15, 0.2) is 0 Å². The second kappa shape index (κ2) is 8.14. The van der Waals surface area contributed by atoms with Gasteiger partial charge in [0.05, 0.1) is 13.1 Å². The van der Waals surface area contributed by atoms with Crippen molar-refractivity contribution in [1.29, 1.82) is 0 Å². The molecule has 1 aromatic carbocycles. The lowest BCUT2D eigenvalue weighted by molar-refractivity contribution is -0.131. The van der Waals surface area contributed by atoms with Gasteiger partial charge in [-0.3, -0.25) is 9.59 Å². The summed E-state index contributed by atoms with van der Waals surface area (Å²) in [6, 6.07) is 7.82. The third-order valence-electron chi connectivity index (χ3n) is 6.86. The summed E-state index contributed by atoms with van der Waals surface area (Å²) in [4.78, 5) is 24.4. The highest BCUT2D eigenvalue weighted by molar-refractivity contribution is 5.84. The van der Waals surface area contributed by atoms with E-state index in [4.69, 9.17) is 4.74 Å². The maximum absolute atomic E-state index is 12.5. The zero-order valence-electron chi connectivity index (χ0n) is 16.8. The molecule has 5 rings (SSSR count). The van der Waals surface area contributed by atoms with Crippen LogP contribution in [0.25, 0.3) is 0 Å². The Morgan fingerprint density at radius 1 is 0.964 bits per heavy atom. The highest BCUT2D eigenvalue weighted by Gasteiger charge is 2.51. The number of amides is 2. The molecule has 0 radical (unpaired) electrons. The molecule has 28 heavy (non-hydrogen) atoms. The van der Waals surface area contributed by atoms with Gasteiger partial charge in [0.1, 0.15) is 12.4 Å². The van der Waals surface area contributed by atoms with Gasteiger partial charge in [-0.1, -0.05) is 17.7 Å². The van der Waals surface area contributed by atoms with Gasteiger partial charge >= 0.3 is 0 Å². The second-order valence-electron chi connectivity index (χ2n) is 9.38. The molecule has 5 nitrogen and oxygen atoms in total. The topological polar surface area (TPSA) is 67.4 Å². The molecule has 0 spiro atoms. The van der Waals surface area contributed by atoms with Crippen molar-refractivity contribution in [2.75, 3.05) is 19.7 Å². The van der Waals surface area contributed by atoms with Gasteiger partial charge < -0.3 is 15.4 Å². The van der Waals surface area contributed by atoms with Crippen molar-refractivity contribution >= 4 is 11.8 Å². The van der Waals surface area contributed by atoms with Crippen LogP contribution in [-0.4, -0.2) is 31.5 Å². The van der Waals surface area contributed by atoms with Crippen LogP contribution in [0, 0.1) is 30.1 Å². The lowest BCUT2D eigenvalue weighted by Crippen LogP contribution is -2.48. The largest absolute Gasteiger partial charge is 0.492 e. The molecular weight excluding hydrogens is 352 g/mol. The fourth-order valence-electron chi connectivity index (χ4n) is 6.14. The van der Waals surface area contributed by atoms with Crippen LogP contribution in [0.4, 0.5) is 0 Å². The zero-order valence-corrected chi connectivity index (χ0v) is 16.8. The monoisotopic (exact) mass is 384 g/mol. The molecule has 2 amide bonds. The Morgan fingerprint density at radius 3 is 2.18 bits per heavy atom. The normalized spacial score (nSPS) is 30.1. The number of hydrogen-bond acceptors (Lipinski definition) is 3. The van der Waals surface area contributed by atoms with E-state index in [1.807, 2.05) is 31.2 Å². The minimum Gasteiger partial charge on any atom is -0.492 e. The summed E-state index contributed by atoms with van der Waals surface area (Å²) in [5.74, 6) is 3.20. The number of aryl methyl sites for hydroxylation is 1. The predicted octanol–water partition coefficient (Wildman–Crippen LogP) is 3.21. The summed E-state index contributed by atoms with van der Waals surface area (Å²) in [7, 11) is 0. The van der Waals surface area contributed by atoms with Crippen molar-refractivity contribution in [2.45, 2.75) is 51.9 Å². The SMILES string of the molecule is Cc1ccc(OCCNC(=O)CNC(=O)CC23CC4CC(CC(C4)C2)C3)cc1. The Hall–Kier alpha value is -2.04. The molecule has 1 aromatic rings. The number of carbonyl (C=O) groups is 2. The van der Waals surface area contributed by atoms with Crippen LogP contribution >= 0.6 is 0 Å². The van der Waals surface area contributed by atoms with E-state index in [0.29, 0.717) is 19.6 Å². The smallest absolute Gasteiger partial charge is 0.239 e. The molecule has 2 N–H and O–H groups in total. The fourth-order valence-corrected chi connectivity index (χ4v) is 6.14. The molecule has 4 bridgehead atoms. The molecule has 0 heterocycles. The lowest BCUT2D eigenvalue weighted by atomic mass is 9.49. The Morgan fingerprint density at radius 2 is 1.57 bits per heavy atom. The second-order valence-corrected chi connectivity index (χ2v) is 9.38. The average Bonchev–Trinajstić information content (AvgIpc) is 2.63. The van der Waals surface area contributed by atoms with E-state index in [2.05, 4.69) is 10.6 Å². The highest BCUT2D eigenvalue weighted by atomic mass is 16.5. The molecule has 4 saturated carbocycles. The zero-order chi connectivity index (χ0) is 19.6. The van der Waals surface area contributed by atoms with Crippen LogP contribution in [0.15, 0.2) is 24.3 Å². The number of rotatable bonds is 8. The maximum Gasteiger partial charge on any atom is 0.239 e. The van der Waals surface area contributed by atoms with Crippen LogP contribution in [0.2, 0.25) is 0 Å². The first kappa shape index (κ1) is 19.3. The molecule has 4 aliphatic carbocycles. The van der Waals surface area contributed by atoms with E-state index in [9.17, 15) is 9.59 Å². The minimum absolute atomic E-state index is 0.0352. The quantitative estimate of drug-likeness (QED) is 0.676. The molecule has 0 aromatic heterocycles. The Bertz CT molecular complexity index is 678. The summed E-state index contributed by atoms with van der Waals surface area (Å²) in [5.41, 5.74) is 1.40. The molecule has 152 valence electrons. The lowest BCUT2D eigenvalue weighted by Gasteiger charge is -2.56. The Labute approximate surface area is 167 Å². The van der Waals surface area contributed by atoms with Gasteiger partial charge in [-0.25, -0.2) is 0 Å². The van der Waals surface area contributed by atoms with E-state index in [1.165, 1.54) is 44.1 Å². The Kier molecular flexibility index (Phi) is 5.61. The molecule has 4 aliphatic rings. The van der Waals surface area contributed by atoms with E-state index in [0.717, 1.165) is 23.5 Å². The van der Waals surface area contributed by atoms with E-state index >= 15 is 0 Å². The number of carbonyl (C=O) groups excluding carboxylic acids is 2. The molecule has 0 saturated heterocycles. The summed E-state index contributed by atoms with van der Waals surface area (Å²) < 4.78 is 5.59. The van der Waals surface area contributed by atoms with Gasteiger partial charge in [-0.2, -0.15) is 0 Å². The summed E-state index contributed by atoms with van der Waals surface area (Å²) in [5, 5.41) is 5.63. The van der Waals surface area contributed by atoms with Crippen molar-refractivity contribution in [3.8, 4) is 5.75 Å². The van der Waals surface area contributed by atoms with E-state index in [-0.39, 0.29) is 23.8 Å². The molecule has 4 fully saturated rings. The van der Waals surface area contributed by atoms with Gasteiger partial charge in [-0.15, -0.1) is 0 Å². The van der Waals surface area contributed by atoms with Crippen molar-refractivity contribution in [3.05, 3.63) is 29.8 Å². The molecule has 0 atom stereocenters. The van der Waals surface area contributed by atoms with Crippen LogP contribution in [0.3, 0.4) is 0 Å². The van der Waals surface area contributed by atoms with Gasteiger partial charge in [0.25, 0.3) is 0 Å². The van der Waals surface area contributed by atoms with Gasteiger partial charge in [0, 0.05) is 6.42 Å². The minimum atomic E-state index is -0.161. The van der Waals surface area contributed by atoms with Crippen LogP contribution in [-0.2, 0) is 9.59 Å².